The van der Waals surface area contributed by atoms with Crippen molar-refractivity contribution >= 4 is 31.3 Å². The van der Waals surface area contributed by atoms with E-state index in [0.29, 0.717) is 12.8 Å². The Morgan fingerprint density at radius 1 is 1.05 bits per heavy atom. The molecule has 0 aliphatic carbocycles. The summed E-state index contributed by atoms with van der Waals surface area (Å²) in [7, 11) is -10.5. The molecule has 11 nitrogen and oxygen atoms in total. The number of hydrogen-bond donors (Lipinski definition) is 4. The Balaban J connectivity index is 2.50. The first-order valence-corrected chi connectivity index (χ1v) is 9.60. The van der Waals surface area contributed by atoms with E-state index in [0.717, 1.165) is 0 Å². The monoisotopic (exact) mass is 352 g/mol. The molecule has 15 heteroatoms. The second-order valence-corrected chi connectivity index (χ2v) is 8.18. The Morgan fingerprint density at radius 2 is 1.65 bits per heavy atom. The summed E-state index contributed by atoms with van der Waals surface area (Å²) in [5, 5.41) is 0. The van der Waals surface area contributed by atoms with Gasteiger partial charge in [0.2, 0.25) is 0 Å². The highest BCUT2D eigenvalue weighted by Crippen LogP contribution is 2.66. The Kier molecular flexibility index (Phi) is 6.18. The molecule has 0 aromatic heterocycles. The number of phosphoric acid groups is 3. The van der Waals surface area contributed by atoms with Gasteiger partial charge in [0.1, 0.15) is 7.85 Å². The molecule has 1 fully saturated rings. The molecule has 1 aliphatic heterocycles. The van der Waals surface area contributed by atoms with Gasteiger partial charge in [-0.3, -0.25) is 4.52 Å². The van der Waals surface area contributed by atoms with Gasteiger partial charge in [0.25, 0.3) is 0 Å². The van der Waals surface area contributed by atoms with Crippen LogP contribution in [-0.2, 0) is 31.6 Å². The van der Waals surface area contributed by atoms with Crippen LogP contribution in [0.15, 0.2) is 0 Å². The zero-order chi connectivity index (χ0) is 15.6. The van der Waals surface area contributed by atoms with Crippen LogP contribution in [-0.4, -0.2) is 46.1 Å². The van der Waals surface area contributed by atoms with Crippen molar-refractivity contribution in [2.24, 2.45) is 0 Å². The van der Waals surface area contributed by atoms with Gasteiger partial charge in [0.05, 0.1) is 12.7 Å². The molecule has 4 N–H and O–H groups in total. The van der Waals surface area contributed by atoms with E-state index in [2.05, 4.69) is 13.1 Å². The van der Waals surface area contributed by atoms with Crippen molar-refractivity contribution in [3.63, 3.8) is 0 Å². The molecule has 116 valence electrons. The van der Waals surface area contributed by atoms with Crippen LogP contribution in [0.2, 0.25) is 0 Å². The number of hydrogen-bond acceptors (Lipinski definition) is 7. The molecule has 0 spiro atoms. The Bertz CT molecular complexity index is 475. The van der Waals surface area contributed by atoms with Crippen LogP contribution < -0.4 is 0 Å². The summed E-state index contributed by atoms with van der Waals surface area (Å²) in [5.74, 6) is 0. The summed E-state index contributed by atoms with van der Waals surface area (Å²) in [6.45, 7) is -0.461. The van der Waals surface area contributed by atoms with E-state index >= 15 is 0 Å². The van der Waals surface area contributed by atoms with E-state index < -0.39 is 42.2 Å². The van der Waals surface area contributed by atoms with Crippen molar-refractivity contribution in [2.75, 3.05) is 6.61 Å². The molecule has 0 bridgehead atoms. The number of ether oxygens (including phenoxy) is 1. The predicted octanol–water partition coefficient (Wildman–Crippen LogP) is 0.00330. The maximum atomic E-state index is 11.3. The van der Waals surface area contributed by atoms with Crippen LogP contribution >= 0.6 is 23.5 Å². The molecule has 1 saturated heterocycles. The van der Waals surface area contributed by atoms with Crippen LogP contribution in [0.4, 0.5) is 0 Å². The third-order valence-corrected chi connectivity index (χ3v) is 5.78. The first-order valence-electron chi connectivity index (χ1n) is 5.08. The van der Waals surface area contributed by atoms with Crippen molar-refractivity contribution < 1.29 is 51.2 Å². The van der Waals surface area contributed by atoms with Gasteiger partial charge in [-0.25, -0.2) is 13.7 Å². The molecule has 1 aliphatic rings. The zero-order valence-electron chi connectivity index (χ0n) is 9.84. The molecule has 20 heavy (non-hydrogen) atoms. The average Bonchev–Trinajstić information content (AvgIpc) is 2.55. The lowest BCUT2D eigenvalue weighted by molar-refractivity contribution is 0.0400. The molecule has 4 atom stereocenters. The van der Waals surface area contributed by atoms with E-state index in [1.807, 2.05) is 0 Å². The SMILES string of the molecule is [B][C@H]1CC[C@@H](COP(=O)(O)OP(=O)(O)OP(=O)(O)O)O1. The fourth-order valence-electron chi connectivity index (χ4n) is 1.34. The predicted molar refractivity (Wildman–Crippen MR) is 63.5 cm³/mol. The lowest BCUT2D eigenvalue weighted by Crippen LogP contribution is -2.16. The first-order chi connectivity index (χ1) is 8.89. The Hall–Kier alpha value is 0.435. The minimum atomic E-state index is -5.48. The molecule has 1 rings (SSSR count). The van der Waals surface area contributed by atoms with Crippen LogP contribution in [0.1, 0.15) is 12.8 Å². The van der Waals surface area contributed by atoms with Gasteiger partial charge < -0.3 is 24.3 Å². The lowest BCUT2D eigenvalue weighted by atomic mass is 9.97. The number of rotatable bonds is 7. The van der Waals surface area contributed by atoms with Gasteiger partial charge in [0, 0.05) is 6.00 Å². The standard InChI is InChI=1S/C5H12BO11P3/c6-5-2-1-4(15-5)3-14-19(10,11)17-20(12,13)16-18(7,8)9/h4-5H,1-3H2,(H,10,11)(H,12,13)(H2,7,8,9)/t4-,5+/m0/s1. The molecule has 0 aromatic rings. The molecule has 0 saturated carbocycles. The zero-order valence-corrected chi connectivity index (χ0v) is 12.5. The molecule has 1 heterocycles. The first kappa shape index (κ1) is 18.5. The summed E-state index contributed by atoms with van der Waals surface area (Å²) in [6, 6.07) is -0.537. The quantitative estimate of drug-likeness (QED) is 0.359. The summed E-state index contributed by atoms with van der Waals surface area (Å²) in [4.78, 5) is 34.6. The van der Waals surface area contributed by atoms with Crippen molar-refractivity contribution in [3.05, 3.63) is 0 Å². The molecular weight excluding hydrogens is 340 g/mol. The molecule has 2 unspecified atom stereocenters. The van der Waals surface area contributed by atoms with Crippen molar-refractivity contribution in [1.82, 2.24) is 0 Å². The maximum Gasteiger partial charge on any atom is 0.490 e. The Morgan fingerprint density at radius 3 is 2.10 bits per heavy atom. The summed E-state index contributed by atoms with van der Waals surface area (Å²) in [5.41, 5.74) is 0. The topological polar surface area (TPSA) is 169 Å². The van der Waals surface area contributed by atoms with Gasteiger partial charge in [0.15, 0.2) is 0 Å². The second-order valence-electron chi connectivity index (χ2n) is 3.76. The fraction of sp³-hybridized carbons (Fsp3) is 1.00. The number of phosphoric ester groups is 1. The van der Waals surface area contributed by atoms with Crippen LogP contribution in [0, 0.1) is 0 Å². The Labute approximate surface area is 115 Å². The van der Waals surface area contributed by atoms with Crippen molar-refractivity contribution in [1.29, 1.82) is 0 Å². The van der Waals surface area contributed by atoms with Crippen LogP contribution in [0.3, 0.4) is 0 Å². The summed E-state index contributed by atoms with van der Waals surface area (Å²) < 4.78 is 49.1. The van der Waals surface area contributed by atoms with Crippen LogP contribution in [0.5, 0.6) is 0 Å². The average molecular weight is 352 g/mol. The van der Waals surface area contributed by atoms with E-state index in [1.165, 1.54) is 0 Å². The lowest BCUT2D eigenvalue weighted by Gasteiger charge is -2.17. The fourth-order valence-corrected chi connectivity index (χ4v) is 4.39. The molecular formula is C5H12BO11P3. The smallest absolute Gasteiger partial charge is 0.382 e. The van der Waals surface area contributed by atoms with Gasteiger partial charge in [-0.1, -0.05) is 0 Å². The largest absolute Gasteiger partial charge is 0.490 e. The van der Waals surface area contributed by atoms with E-state index in [-0.39, 0.29) is 0 Å². The highest BCUT2D eigenvalue weighted by Gasteiger charge is 2.41. The summed E-state index contributed by atoms with van der Waals surface area (Å²) in [6.07, 6.45) is 0.344. The van der Waals surface area contributed by atoms with E-state index in [4.69, 9.17) is 32.2 Å². The molecule has 0 amide bonds. The van der Waals surface area contributed by atoms with Crippen LogP contribution in [0.25, 0.3) is 0 Å². The van der Waals surface area contributed by atoms with Crippen molar-refractivity contribution in [2.45, 2.75) is 24.9 Å². The summed E-state index contributed by atoms with van der Waals surface area (Å²) >= 11 is 0. The highest BCUT2D eigenvalue weighted by atomic mass is 31.3. The third-order valence-electron chi connectivity index (χ3n) is 1.98. The van der Waals surface area contributed by atoms with Crippen molar-refractivity contribution in [3.8, 4) is 0 Å². The van der Waals surface area contributed by atoms with Gasteiger partial charge in [-0.2, -0.15) is 8.62 Å². The van der Waals surface area contributed by atoms with Gasteiger partial charge in [-0.15, -0.1) is 0 Å². The minimum Gasteiger partial charge on any atom is -0.382 e. The molecule has 2 radical (unpaired) electrons. The van der Waals surface area contributed by atoms with E-state index in [1.54, 1.807) is 0 Å². The normalized spacial score (nSPS) is 29.8. The minimum absolute atomic E-state index is 0.441. The van der Waals surface area contributed by atoms with Gasteiger partial charge in [-0.05, 0) is 12.8 Å². The second kappa shape index (κ2) is 6.68. The van der Waals surface area contributed by atoms with Gasteiger partial charge >= 0.3 is 23.5 Å². The third kappa shape index (κ3) is 7.45. The maximum absolute atomic E-state index is 11.3. The highest BCUT2D eigenvalue weighted by molar-refractivity contribution is 7.66. The van der Waals surface area contributed by atoms with E-state index in [9.17, 15) is 13.7 Å². The molecule has 0 aromatic carbocycles.